The topological polar surface area (TPSA) is 63.3 Å². The molecule has 0 radical (unpaired) electrons. The molecule has 1 fully saturated rings. The maximum atomic E-state index is 11.0. The highest BCUT2D eigenvalue weighted by atomic mass is 35.5. The molecule has 1 heterocycles. The molecule has 0 unspecified atom stereocenters. The summed E-state index contributed by atoms with van der Waals surface area (Å²) in [4.78, 5) is 15.3. The first-order chi connectivity index (χ1) is 7.65. The summed E-state index contributed by atoms with van der Waals surface area (Å²) < 4.78 is 5.49. The number of carboxylic acid groups (broad SMARTS) is 1. The van der Waals surface area contributed by atoms with E-state index in [0.29, 0.717) is 27.9 Å². The molecular formula is C11H8ClNO3. The maximum Gasteiger partial charge on any atom is 0.339 e. The quantitative estimate of drug-likeness (QED) is 0.872. The van der Waals surface area contributed by atoms with Crippen molar-refractivity contribution in [3.05, 3.63) is 28.6 Å². The molecule has 0 atom stereocenters. The van der Waals surface area contributed by atoms with Gasteiger partial charge in [-0.25, -0.2) is 9.78 Å². The summed E-state index contributed by atoms with van der Waals surface area (Å²) in [5.41, 5.74) is 0.910. The van der Waals surface area contributed by atoms with E-state index in [0.717, 1.165) is 12.8 Å². The Bertz CT molecular complexity index is 586. The summed E-state index contributed by atoms with van der Waals surface area (Å²) in [6, 6.07) is 3.01. The molecular weight excluding hydrogens is 230 g/mol. The Morgan fingerprint density at radius 3 is 2.88 bits per heavy atom. The Morgan fingerprint density at radius 2 is 2.25 bits per heavy atom. The average Bonchev–Trinajstić information content (AvgIpc) is 2.98. The molecule has 16 heavy (non-hydrogen) atoms. The standard InChI is InChI=1S/C11H8ClNO3/c12-6-3-7(11(14)15)9-8(4-6)13-10(16-9)5-1-2-5/h3-5H,1-2H2,(H,14,15). The van der Waals surface area contributed by atoms with Crippen LogP contribution in [0.25, 0.3) is 11.1 Å². The van der Waals surface area contributed by atoms with Crippen LogP contribution in [0, 0.1) is 0 Å². The predicted octanol–water partition coefficient (Wildman–Crippen LogP) is 3.06. The Balaban J connectivity index is 2.27. The molecule has 0 saturated heterocycles. The Morgan fingerprint density at radius 1 is 1.50 bits per heavy atom. The van der Waals surface area contributed by atoms with Crippen LogP contribution in [0.1, 0.15) is 35.0 Å². The zero-order valence-electron chi connectivity index (χ0n) is 8.24. The van der Waals surface area contributed by atoms with Crippen molar-refractivity contribution in [2.24, 2.45) is 0 Å². The van der Waals surface area contributed by atoms with Gasteiger partial charge in [-0.1, -0.05) is 11.6 Å². The van der Waals surface area contributed by atoms with Gasteiger partial charge in [-0.05, 0) is 25.0 Å². The van der Waals surface area contributed by atoms with Gasteiger partial charge >= 0.3 is 5.97 Å². The normalized spacial score (nSPS) is 15.6. The van der Waals surface area contributed by atoms with Crippen molar-refractivity contribution in [3.8, 4) is 0 Å². The largest absolute Gasteiger partial charge is 0.478 e. The third-order valence-corrected chi connectivity index (χ3v) is 2.85. The van der Waals surface area contributed by atoms with Crippen molar-refractivity contribution >= 4 is 28.7 Å². The summed E-state index contributed by atoms with van der Waals surface area (Å²) in [5.74, 6) is -0.0708. The van der Waals surface area contributed by atoms with Gasteiger partial charge in [-0.15, -0.1) is 0 Å². The number of aromatic carboxylic acids is 1. The van der Waals surface area contributed by atoms with Gasteiger partial charge in [0.2, 0.25) is 0 Å². The number of hydrogen-bond donors (Lipinski definition) is 1. The summed E-state index contributed by atoms with van der Waals surface area (Å²) in [6.45, 7) is 0. The summed E-state index contributed by atoms with van der Waals surface area (Å²) >= 11 is 5.83. The van der Waals surface area contributed by atoms with E-state index in [4.69, 9.17) is 21.1 Å². The number of rotatable bonds is 2. The van der Waals surface area contributed by atoms with E-state index in [2.05, 4.69) is 4.98 Å². The van der Waals surface area contributed by atoms with Crippen LogP contribution in [0.5, 0.6) is 0 Å². The fourth-order valence-corrected chi connectivity index (χ4v) is 1.89. The van der Waals surface area contributed by atoms with Crippen LogP contribution in [-0.2, 0) is 0 Å². The molecule has 1 N–H and O–H groups in total. The molecule has 3 rings (SSSR count). The second-order valence-electron chi connectivity index (χ2n) is 3.93. The number of nitrogens with zero attached hydrogens (tertiary/aromatic N) is 1. The minimum atomic E-state index is -1.05. The zero-order chi connectivity index (χ0) is 11.3. The van der Waals surface area contributed by atoms with Crippen LogP contribution >= 0.6 is 11.6 Å². The number of carboxylic acids is 1. The van der Waals surface area contributed by atoms with Crippen LogP contribution in [0.4, 0.5) is 0 Å². The lowest BCUT2D eigenvalue weighted by molar-refractivity contribution is 0.0698. The number of aromatic nitrogens is 1. The van der Waals surface area contributed by atoms with Gasteiger partial charge in [0, 0.05) is 10.9 Å². The number of hydrogen-bond acceptors (Lipinski definition) is 3. The van der Waals surface area contributed by atoms with Crippen LogP contribution in [0.15, 0.2) is 16.5 Å². The SMILES string of the molecule is O=C(O)c1cc(Cl)cc2nc(C3CC3)oc12. The third-order valence-electron chi connectivity index (χ3n) is 2.63. The lowest BCUT2D eigenvalue weighted by Gasteiger charge is -1.95. The van der Waals surface area contributed by atoms with Crippen molar-refractivity contribution < 1.29 is 14.3 Å². The molecule has 0 aliphatic heterocycles. The fourth-order valence-electron chi connectivity index (χ4n) is 1.68. The van der Waals surface area contributed by atoms with Gasteiger partial charge < -0.3 is 9.52 Å². The van der Waals surface area contributed by atoms with E-state index in [1.165, 1.54) is 6.07 Å². The minimum absolute atomic E-state index is 0.0712. The van der Waals surface area contributed by atoms with Gasteiger partial charge in [0.05, 0.1) is 0 Å². The van der Waals surface area contributed by atoms with Crippen molar-refractivity contribution in [1.29, 1.82) is 0 Å². The lowest BCUT2D eigenvalue weighted by atomic mass is 10.2. The fraction of sp³-hybridized carbons (Fsp3) is 0.273. The first kappa shape index (κ1) is 9.66. The number of carbonyl (C=O) groups is 1. The van der Waals surface area contributed by atoms with Gasteiger partial charge in [0.1, 0.15) is 11.1 Å². The van der Waals surface area contributed by atoms with Crippen LogP contribution in [-0.4, -0.2) is 16.1 Å². The molecule has 82 valence electrons. The van der Waals surface area contributed by atoms with Crippen molar-refractivity contribution in [2.45, 2.75) is 18.8 Å². The van der Waals surface area contributed by atoms with Crippen LogP contribution in [0.2, 0.25) is 5.02 Å². The van der Waals surface area contributed by atoms with Gasteiger partial charge in [0.15, 0.2) is 11.5 Å². The van der Waals surface area contributed by atoms with E-state index < -0.39 is 5.97 Å². The highest BCUT2D eigenvalue weighted by molar-refractivity contribution is 6.31. The number of halogens is 1. The highest BCUT2D eigenvalue weighted by Gasteiger charge is 2.30. The highest BCUT2D eigenvalue weighted by Crippen LogP contribution is 2.41. The van der Waals surface area contributed by atoms with E-state index >= 15 is 0 Å². The molecule has 1 aliphatic carbocycles. The summed E-state index contributed by atoms with van der Waals surface area (Å²) in [5, 5.41) is 9.39. The molecule has 1 aromatic heterocycles. The molecule has 0 spiro atoms. The van der Waals surface area contributed by atoms with Crippen molar-refractivity contribution in [1.82, 2.24) is 4.98 Å². The Labute approximate surface area is 95.8 Å². The Kier molecular flexibility index (Phi) is 1.94. The van der Waals surface area contributed by atoms with Gasteiger partial charge in [-0.3, -0.25) is 0 Å². The molecule has 4 nitrogen and oxygen atoms in total. The monoisotopic (exact) mass is 237 g/mol. The zero-order valence-corrected chi connectivity index (χ0v) is 8.99. The lowest BCUT2D eigenvalue weighted by Crippen LogP contribution is -1.96. The first-order valence-corrected chi connectivity index (χ1v) is 5.36. The van der Waals surface area contributed by atoms with E-state index in [1.54, 1.807) is 6.07 Å². The van der Waals surface area contributed by atoms with E-state index in [-0.39, 0.29) is 5.56 Å². The van der Waals surface area contributed by atoms with Gasteiger partial charge in [-0.2, -0.15) is 0 Å². The first-order valence-electron chi connectivity index (χ1n) is 4.98. The molecule has 1 aliphatic rings. The predicted molar refractivity (Wildman–Crippen MR) is 58.0 cm³/mol. The molecule has 0 bridgehead atoms. The summed E-state index contributed by atoms with van der Waals surface area (Å²) in [6.07, 6.45) is 2.12. The molecule has 5 heteroatoms. The van der Waals surface area contributed by atoms with Crippen LogP contribution in [0.3, 0.4) is 0 Å². The van der Waals surface area contributed by atoms with Crippen molar-refractivity contribution in [3.63, 3.8) is 0 Å². The number of oxazole rings is 1. The van der Waals surface area contributed by atoms with E-state index in [1.807, 2.05) is 0 Å². The molecule has 2 aromatic rings. The number of fused-ring (bicyclic) bond motifs is 1. The number of benzene rings is 1. The molecule has 0 amide bonds. The molecule has 1 saturated carbocycles. The second-order valence-corrected chi connectivity index (χ2v) is 4.37. The third kappa shape index (κ3) is 1.46. The smallest absolute Gasteiger partial charge is 0.339 e. The average molecular weight is 238 g/mol. The van der Waals surface area contributed by atoms with E-state index in [9.17, 15) is 4.79 Å². The molecule has 1 aromatic carbocycles. The summed E-state index contributed by atoms with van der Waals surface area (Å²) in [7, 11) is 0. The Hall–Kier alpha value is -1.55. The minimum Gasteiger partial charge on any atom is -0.478 e. The maximum absolute atomic E-state index is 11.0. The second kappa shape index (κ2) is 3.22. The van der Waals surface area contributed by atoms with Gasteiger partial charge in [0.25, 0.3) is 0 Å². The van der Waals surface area contributed by atoms with Crippen molar-refractivity contribution in [2.75, 3.05) is 0 Å². The van der Waals surface area contributed by atoms with Crippen LogP contribution < -0.4 is 0 Å².